The maximum atomic E-state index is 4.33. The highest BCUT2D eigenvalue weighted by molar-refractivity contribution is 5.89. The Hall–Kier alpha value is -1.89. The van der Waals surface area contributed by atoms with Crippen molar-refractivity contribution in [3.8, 4) is 0 Å². The largest absolute Gasteiger partial charge is 0.261 e. The second-order valence-corrected chi connectivity index (χ2v) is 3.35. The topological polar surface area (TPSA) is 12.4 Å². The quantitative estimate of drug-likeness (QED) is 0.637. The van der Waals surface area contributed by atoms with Crippen LogP contribution in [0.1, 0.15) is 12.5 Å². The lowest BCUT2D eigenvalue weighted by Gasteiger charge is -2.03. The van der Waals surface area contributed by atoms with Crippen LogP contribution in [0.25, 0.3) is 16.8 Å². The molecule has 0 aromatic heterocycles. The monoisotopic (exact) mass is 195 g/mol. The van der Waals surface area contributed by atoms with Gasteiger partial charge in [0.1, 0.15) is 0 Å². The van der Waals surface area contributed by atoms with E-state index in [2.05, 4.69) is 35.8 Å². The molecule has 0 fully saturated rings. The van der Waals surface area contributed by atoms with E-state index < -0.39 is 0 Å². The van der Waals surface area contributed by atoms with Gasteiger partial charge in [-0.25, -0.2) is 0 Å². The zero-order chi connectivity index (χ0) is 10.7. The Bertz CT molecular complexity index is 524. The van der Waals surface area contributed by atoms with Crippen molar-refractivity contribution in [2.75, 3.05) is 0 Å². The molecule has 74 valence electrons. The van der Waals surface area contributed by atoms with Crippen LogP contribution in [0, 0.1) is 0 Å². The second-order valence-electron chi connectivity index (χ2n) is 3.35. The van der Waals surface area contributed by atoms with Crippen molar-refractivity contribution in [3.05, 3.63) is 48.5 Å². The van der Waals surface area contributed by atoms with E-state index in [1.54, 1.807) is 6.21 Å². The zero-order valence-corrected chi connectivity index (χ0v) is 8.77. The van der Waals surface area contributed by atoms with Crippen molar-refractivity contribution in [3.63, 3.8) is 0 Å². The maximum absolute atomic E-state index is 4.33. The molecule has 0 saturated carbocycles. The van der Waals surface area contributed by atoms with E-state index in [1.807, 2.05) is 25.1 Å². The van der Waals surface area contributed by atoms with Gasteiger partial charge in [-0.3, -0.25) is 4.99 Å². The van der Waals surface area contributed by atoms with Crippen LogP contribution in [-0.4, -0.2) is 6.21 Å². The Balaban J connectivity index is 2.74. The summed E-state index contributed by atoms with van der Waals surface area (Å²) in [6.45, 7) is 5.73. The third kappa shape index (κ3) is 1.82. The fourth-order valence-corrected chi connectivity index (χ4v) is 1.66. The SMILES string of the molecule is C=Cc1cc2ccccc2cc1N=CC. The lowest BCUT2D eigenvalue weighted by Crippen LogP contribution is -1.78. The van der Waals surface area contributed by atoms with Gasteiger partial charge in [0, 0.05) is 11.8 Å². The van der Waals surface area contributed by atoms with Crippen LogP contribution in [0.2, 0.25) is 0 Å². The summed E-state index contributed by atoms with van der Waals surface area (Å²) in [6, 6.07) is 12.5. The van der Waals surface area contributed by atoms with Crippen molar-refractivity contribution in [2.24, 2.45) is 4.99 Å². The molecule has 0 aliphatic rings. The molecular weight excluding hydrogens is 182 g/mol. The first-order valence-electron chi connectivity index (χ1n) is 4.99. The number of hydrogen-bond acceptors (Lipinski definition) is 1. The summed E-state index contributed by atoms with van der Waals surface area (Å²) in [6.07, 6.45) is 3.64. The summed E-state index contributed by atoms with van der Waals surface area (Å²) >= 11 is 0. The lowest BCUT2D eigenvalue weighted by atomic mass is 10.1. The van der Waals surface area contributed by atoms with E-state index in [4.69, 9.17) is 0 Å². The van der Waals surface area contributed by atoms with Gasteiger partial charge in [-0.2, -0.15) is 0 Å². The van der Waals surface area contributed by atoms with Crippen LogP contribution in [0.4, 0.5) is 5.69 Å². The van der Waals surface area contributed by atoms with E-state index in [0.29, 0.717) is 0 Å². The molecule has 0 bridgehead atoms. The van der Waals surface area contributed by atoms with E-state index in [0.717, 1.165) is 11.3 Å². The van der Waals surface area contributed by atoms with Gasteiger partial charge in [0.2, 0.25) is 0 Å². The van der Waals surface area contributed by atoms with Gasteiger partial charge in [0.25, 0.3) is 0 Å². The van der Waals surface area contributed by atoms with E-state index in [9.17, 15) is 0 Å². The smallest absolute Gasteiger partial charge is 0.0704 e. The molecule has 1 nitrogen and oxygen atoms in total. The minimum Gasteiger partial charge on any atom is -0.261 e. The zero-order valence-electron chi connectivity index (χ0n) is 8.77. The first-order valence-corrected chi connectivity index (χ1v) is 4.99. The number of hydrogen-bond donors (Lipinski definition) is 0. The molecule has 0 amide bonds. The molecule has 0 aliphatic carbocycles. The Morgan fingerprint density at radius 3 is 2.40 bits per heavy atom. The summed E-state index contributed by atoms with van der Waals surface area (Å²) in [5.74, 6) is 0. The molecule has 0 heterocycles. The normalized spacial score (nSPS) is 11.0. The molecule has 2 aromatic carbocycles. The minimum absolute atomic E-state index is 0.978. The summed E-state index contributed by atoms with van der Waals surface area (Å²) in [5.41, 5.74) is 2.05. The Morgan fingerprint density at radius 2 is 1.80 bits per heavy atom. The predicted octanol–water partition coefficient (Wildman–Crippen LogP) is 4.21. The fraction of sp³-hybridized carbons (Fsp3) is 0.0714. The first-order chi connectivity index (χ1) is 7.35. The number of rotatable bonds is 2. The van der Waals surface area contributed by atoms with Crippen LogP contribution in [-0.2, 0) is 0 Å². The average Bonchev–Trinajstić information content (AvgIpc) is 2.28. The van der Waals surface area contributed by atoms with Crippen LogP contribution in [0.3, 0.4) is 0 Å². The van der Waals surface area contributed by atoms with Crippen LogP contribution < -0.4 is 0 Å². The third-order valence-corrected chi connectivity index (χ3v) is 2.38. The molecule has 0 atom stereocenters. The highest BCUT2D eigenvalue weighted by atomic mass is 14.7. The van der Waals surface area contributed by atoms with Gasteiger partial charge >= 0.3 is 0 Å². The molecule has 0 aliphatic heterocycles. The molecule has 0 unspecified atom stereocenters. The molecule has 0 spiro atoms. The van der Waals surface area contributed by atoms with E-state index >= 15 is 0 Å². The number of benzene rings is 2. The lowest BCUT2D eigenvalue weighted by molar-refractivity contribution is 1.53. The highest BCUT2D eigenvalue weighted by Crippen LogP contribution is 2.26. The van der Waals surface area contributed by atoms with Gasteiger partial charge in [0.05, 0.1) is 5.69 Å². The standard InChI is InChI=1S/C14H13N/c1-3-11-9-12-7-5-6-8-13(12)10-14(11)15-4-2/h3-10H,1H2,2H3. The molecular formula is C14H13N. The van der Waals surface area contributed by atoms with Gasteiger partial charge in [-0.15, -0.1) is 0 Å². The first kappa shape index (κ1) is 9.66. The fourth-order valence-electron chi connectivity index (χ4n) is 1.66. The predicted molar refractivity (Wildman–Crippen MR) is 67.9 cm³/mol. The number of aliphatic imine (C=N–C) groups is 1. The summed E-state index contributed by atoms with van der Waals surface area (Å²) in [4.78, 5) is 4.33. The van der Waals surface area contributed by atoms with E-state index in [-0.39, 0.29) is 0 Å². The molecule has 0 saturated heterocycles. The summed E-state index contributed by atoms with van der Waals surface area (Å²) in [7, 11) is 0. The van der Waals surface area contributed by atoms with Gasteiger partial charge in [0.15, 0.2) is 0 Å². The van der Waals surface area contributed by atoms with Crippen LogP contribution in [0.15, 0.2) is 48.0 Å². The van der Waals surface area contributed by atoms with Crippen molar-refractivity contribution >= 4 is 28.8 Å². The van der Waals surface area contributed by atoms with E-state index in [1.165, 1.54) is 10.8 Å². The van der Waals surface area contributed by atoms with Gasteiger partial charge in [-0.1, -0.05) is 36.9 Å². The number of fused-ring (bicyclic) bond motifs is 1. The summed E-state index contributed by atoms with van der Waals surface area (Å²) < 4.78 is 0. The molecule has 0 N–H and O–H groups in total. The van der Waals surface area contributed by atoms with Gasteiger partial charge in [-0.05, 0) is 29.8 Å². The van der Waals surface area contributed by atoms with Crippen LogP contribution in [0.5, 0.6) is 0 Å². The molecule has 0 radical (unpaired) electrons. The van der Waals surface area contributed by atoms with Crippen molar-refractivity contribution in [1.82, 2.24) is 0 Å². The highest BCUT2D eigenvalue weighted by Gasteiger charge is 1.99. The number of nitrogens with zero attached hydrogens (tertiary/aromatic N) is 1. The summed E-state index contributed by atoms with van der Waals surface area (Å²) in [5, 5.41) is 2.44. The average molecular weight is 195 g/mol. The minimum atomic E-state index is 0.978. The Morgan fingerprint density at radius 1 is 1.13 bits per heavy atom. The Kier molecular flexibility index (Phi) is 2.64. The molecule has 2 aromatic rings. The van der Waals surface area contributed by atoms with Gasteiger partial charge < -0.3 is 0 Å². The molecule has 1 heteroatoms. The van der Waals surface area contributed by atoms with Crippen molar-refractivity contribution in [2.45, 2.75) is 6.92 Å². The van der Waals surface area contributed by atoms with Crippen LogP contribution >= 0.6 is 0 Å². The third-order valence-electron chi connectivity index (χ3n) is 2.38. The Labute approximate surface area is 89.8 Å². The van der Waals surface area contributed by atoms with Crippen molar-refractivity contribution in [1.29, 1.82) is 0 Å². The molecule has 15 heavy (non-hydrogen) atoms. The second kappa shape index (κ2) is 4.09. The maximum Gasteiger partial charge on any atom is 0.0704 e. The molecule has 2 rings (SSSR count). The van der Waals surface area contributed by atoms with Crippen molar-refractivity contribution < 1.29 is 0 Å².